The van der Waals surface area contributed by atoms with Gasteiger partial charge in [0, 0.05) is 12.8 Å². The molecule has 0 saturated carbocycles. The van der Waals surface area contributed by atoms with E-state index in [9.17, 15) is 31.2 Å². The van der Waals surface area contributed by atoms with Gasteiger partial charge >= 0.3 is 21.5 Å². The number of rotatable bonds is 4. The molecule has 6 nitrogen and oxygen atoms in total. The highest BCUT2D eigenvalue weighted by Crippen LogP contribution is 2.42. The maximum absolute atomic E-state index is 13.2. The average Bonchev–Trinajstić information content (AvgIpc) is 2.51. The molecule has 1 aliphatic rings. The lowest BCUT2D eigenvalue weighted by Gasteiger charge is -2.40. The Morgan fingerprint density at radius 2 is 1.88 bits per heavy atom. The number of carbonyl (C=O) groups is 2. The Hall–Kier alpha value is -1.94. The average molecular weight is 379 g/mol. The first kappa shape index (κ1) is 19.4. The van der Waals surface area contributed by atoms with Crippen molar-refractivity contribution in [3.05, 3.63) is 35.4 Å². The van der Waals surface area contributed by atoms with Crippen LogP contribution in [0.3, 0.4) is 0 Å². The number of esters is 1. The van der Waals surface area contributed by atoms with Gasteiger partial charge in [0.15, 0.2) is 0 Å². The molecule has 2 rings (SSSR count). The fourth-order valence-corrected chi connectivity index (χ4v) is 4.21. The number of carbonyl (C=O) groups excluding carboxylic acids is 2. The van der Waals surface area contributed by atoms with E-state index < -0.39 is 45.8 Å². The molecule has 1 aromatic carbocycles. The zero-order valence-electron chi connectivity index (χ0n) is 13.4. The molecule has 10 heteroatoms. The first-order chi connectivity index (χ1) is 11.5. The number of ether oxygens (including phenoxy) is 1. The summed E-state index contributed by atoms with van der Waals surface area (Å²) in [6.07, 6.45) is -0.758. The van der Waals surface area contributed by atoms with Crippen LogP contribution in [-0.2, 0) is 30.8 Å². The van der Waals surface area contributed by atoms with Gasteiger partial charge in [0.1, 0.15) is 11.8 Å². The second kappa shape index (κ2) is 6.75. The minimum absolute atomic E-state index is 0.0720. The molecule has 0 fully saturated rings. The zero-order valence-corrected chi connectivity index (χ0v) is 14.2. The summed E-state index contributed by atoms with van der Waals surface area (Å²) in [5.41, 5.74) is -4.84. The van der Waals surface area contributed by atoms with E-state index in [0.717, 1.165) is 14.0 Å². The van der Waals surface area contributed by atoms with E-state index in [1.807, 2.05) is 0 Å². The van der Waals surface area contributed by atoms with Crippen molar-refractivity contribution in [2.45, 2.75) is 37.4 Å². The molecule has 0 aromatic heterocycles. The molecule has 1 heterocycles. The minimum Gasteiger partial charge on any atom is -0.468 e. The topological polar surface area (TPSA) is 80.8 Å². The number of fused-ring (bicyclic) bond motifs is 1. The number of Topliss-reactive ketones (excluding diaryl/α,β-unsaturated/α-hetero) is 1. The van der Waals surface area contributed by atoms with Crippen LogP contribution < -0.4 is 0 Å². The lowest BCUT2D eigenvalue weighted by molar-refractivity contribution is -0.147. The van der Waals surface area contributed by atoms with Gasteiger partial charge in [-0.1, -0.05) is 24.3 Å². The number of ketones is 1. The molecule has 0 spiro atoms. The molecular formula is C15H16F3NO5S. The largest absolute Gasteiger partial charge is 0.511 e. The third kappa shape index (κ3) is 3.54. The summed E-state index contributed by atoms with van der Waals surface area (Å²) in [5.74, 6) is -1.62. The molecule has 0 amide bonds. The summed E-state index contributed by atoms with van der Waals surface area (Å²) in [5, 5.41) is 0. The van der Waals surface area contributed by atoms with Gasteiger partial charge in [-0.15, -0.1) is 0 Å². The molecular weight excluding hydrogens is 363 g/mol. The molecule has 1 aromatic rings. The quantitative estimate of drug-likeness (QED) is 0.747. The van der Waals surface area contributed by atoms with Crippen LogP contribution in [0.25, 0.3) is 0 Å². The second-order valence-corrected chi connectivity index (χ2v) is 7.48. The van der Waals surface area contributed by atoms with E-state index >= 15 is 0 Å². The summed E-state index contributed by atoms with van der Waals surface area (Å²) in [6, 6.07) is 3.05. The van der Waals surface area contributed by atoms with E-state index in [4.69, 9.17) is 0 Å². The van der Waals surface area contributed by atoms with Crippen LogP contribution in [0.5, 0.6) is 0 Å². The van der Waals surface area contributed by atoms with Gasteiger partial charge in [-0.25, -0.2) is 8.42 Å². The van der Waals surface area contributed by atoms with Crippen LogP contribution in [0.1, 0.15) is 30.5 Å². The Kier molecular flexibility index (Phi) is 5.24. The van der Waals surface area contributed by atoms with Crippen molar-refractivity contribution >= 4 is 21.8 Å². The molecule has 0 bridgehead atoms. The molecule has 0 N–H and O–H groups in total. The molecule has 138 valence electrons. The summed E-state index contributed by atoms with van der Waals surface area (Å²) in [6.45, 7) is 1.14. The molecule has 0 aliphatic carbocycles. The fraction of sp³-hybridized carbons (Fsp3) is 0.467. The van der Waals surface area contributed by atoms with E-state index in [-0.39, 0.29) is 16.3 Å². The summed E-state index contributed by atoms with van der Waals surface area (Å²) >= 11 is 0. The van der Waals surface area contributed by atoms with Gasteiger partial charge in [0.25, 0.3) is 0 Å². The highest BCUT2D eigenvalue weighted by atomic mass is 32.2. The van der Waals surface area contributed by atoms with E-state index in [1.165, 1.54) is 12.1 Å². The van der Waals surface area contributed by atoms with Crippen molar-refractivity contribution in [1.29, 1.82) is 0 Å². The summed E-state index contributed by atoms with van der Waals surface area (Å²) < 4.78 is 68.3. The number of sulfonamides is 1. The third-order valence-corrected chi connectivity index (χ3v) is 5.61. The SMILES string of the molecule is COC(=O)[C@@H]1Cc2ccccc2[C@@H](CC(C)=O)N1S(=O)(=O)C(F)(F)F. The molecule has 0 radical (unpaired) electrons. The van der Waals surface area contributed by atoms with Gasteiger partial charge < -0.3 is 4.74 Å². The number of hydrogen-bond acceptors (Lipinski definition) is 5. The highest BCUT2D eigenvalue weighted by Gasteiger charge is 2.57. The smallest absolute Gasteiger partial charge is 0.468 e. The van der Waals surface area contributed by atoms with Crippen LogP contribution in [0.2, 0.25) is 0 Å². The number of halogens is 3. The Morgan fingerprint density at radius 3 is 2.40 bits per heavy atom. The highest BCUT2D eigenvalue weighted by molar-refractivity contribution is 7.90. The van der Waals surface area contributed by atoms with Crippen molar-refractivity contribution in [3.63, 3.8) is 0 Å². The molecule has 0 unspecified atom stereocenters. The third-order valence-electron chi connectivity index (χ3n) is 3.97. The Morgan fingerprint density at radius 1 is 1.28 bits per heavy atom. The summed E-state index contributed by atoms with van der Waals surface area (Å²) in [4.78, 5) is 23.6. The Bertz CT molecular complexity index is 791. The monoisotopic (exact) mass is 379 g/mol. The summed E-state index contributed by atoms with van der Waals surface area (Å²) in [7, 11) is -4.90. The van der Waals surface area contributed by atoms with E-state index in [2.05, 4.69) is 4.74 Å². The van der Waals surface area contributed by atoms with Crippen LogP contribution in [0, 0.1) is 0 Å². The van der Waals surface area contributed by atoms with Crippen molar-refractivity contribution in [2.75, 3.05) is 7.11 Å². The maximum Gasteiger partial charge on any atom is 0.511 e. The lowest BCUT2D eigenvalue weighted by atomic mass is 9.88. The van der Waals surface area contributed by atoms with Crippen LogP contribution >= 0.6 is 0 Å². The predicted molar refractivity (Wildman–Crippen MR) is 80.8 cm³/mol. The van der Waals surface area contributed by atoms with Crippen molar-refractivity contribution in [2.24, 2.45) is 0 Å². The van der Waals surface area contributed by atoms with Crippen LogP contribution in [0.15, 0.2) is 24.3 Å². The van der Waals surface area contributed by atoms with Crippen LogP contribution in [0.4, 0.5) is 13.2 Å². The van der Waals surface area contributed by atoms with Crippen molar-refractivity contribution in [1.82, 2.24) is 4.31 Å². The number of benzene rings is 1. The normalized spacial score (nSPS) is 21.5. The van der Waals surface area contributed by atoms with Gasteiger partial charge in [0.05, 0.1) is 13.2 Å². The lowest BCUT2D eigenvalue weighted by Crippen LogP contribution is -2.55. The van der Waals surface area contributed by atoms with Crippen molar-refractivity contribution < 1.29 is 35.9 Å². The number of methoxy groups -OCH3 is 1. The van der Waals surface area contributed by atoms with Gasteiger partial charge in [0.2, 0.25) is 0 Å². The maximum atomic E-state index is 13.2. The number of hydrogen-bond donors (Lipinski definition) is 0. The first-order valence-corrected chi connectivity index (χ1v) is 8.69. The van der Waals surface area contributed by atoms with Gasteiger partial charge in [-0.3, -0.25) is 9.59 Å². The Balaban J connectivity index is 2.71. The van der Waals surface area contributed by atoms with Crippen LogP contribution in [-0.4, -0.2) is 43.1 Å². The standard InChI is InChI=1S/C15H16F3NO5S/c1-9(20)7-12-11-6-4-3-5-10(11)8-13(14(21)24-2)19(12)25(22,23)15(16,17)18/h3-6,12-13H,7-8H2,1-2H3/t12-,13+/m1/s1. The number of alkyl halides is 3. The molecule has 1 aliphatic heterocycles. The molecule has 25 heavy (non-hydrogen) atoms. The fourth-order valence-electron chi connectivity index (χ4n) is 2.95. The van der Waals surface area contributed by atoms with E-state index in [1.54, 1.807) is 12.1 Å². The number of nitrogens with zero attached hydrogens (tertiary/aromatic N) is 1. The van der Waals surface area contributed by atoms with E-state index in [0.29, 0.717) is 5.56 Å². The van der Waals surface area contributed by atoms with Gasteiger partial charge in [-0.05, 0) is 18.1 Å². The molecule has 2 atom stereocenters. The Labute approximate surface area is 142 Å². The first-order valence-electron chi connectivity index (χ1n) is 7.25. The van der Waals surface area contributed by atoms with Gasteiger partial charge in [-0.2, -0.15) is 17.5 Å². The minimum atomic E-state index is -5.86. The predicted octanol–water partition coefficient (Wildman–Crippen LogP) is 1.96. The van der Waals surface area contributed by atoms with Crippen molar-refractivity contribution in [3.8, 4) is 0 Å². The second-order valence-electron chi connectivity index (χ2n) is 5.64. The molecule has 0 saturated heterocycles. The zero-order chi connectivity index (χ0) is 19.0.